The molecule has 1 aliphatic rings. The third-order valence-corrected chi connectivity index (χ3v) is 5.84. The van der Waals surface area contributed by atoms with E-state index in [9.17, 15) is 9.59 Å². The van der Waals surface area contributed by atoms with Crippen molar-refractivity contribution in [1.82, 2.24) is 0 Å². The first-order valence-electron chi connectivity index (χ1n) is 9.82. The summed E-state index contributed by atoms with van der Waals surface area (Å²) in [5.74, 6) is -0.227. The molecule has 1 unspecified atom stereocenters. The molecule has 4 aromatic rings. The second-order valence-electron chi connectivity index (χ2n) is 7.32. The minimum atomic E-state index is -0.585. The molecule has 0 spiro atoms. The van der Waals surface area contributed by atoms with Gasteiger partial charge in [0.05, 0.1) is 17.0 Å². The van der Waals surface area contributed by atoms with Gasteiger partial charge in [-0.05, 0) is 53.9 Å². The molecule has 1 aliphatic heterocycles. The average molecular weight is 416 g/mol. The highest BCUT2D eigenvalue weighted by atomic mass is 35.5. The van der Waals surface area contributed by atoms with Crippen LogP contribution in [0.25, 0.3) is 11.0 Å². The average Bonchev–Trinajstić information content (AvgIpc) is 3.07. The first kappa shape index (κ1) is 18.6. The number of hydrogen-bond donors (Lipinski definition) is 0. The van der Waals surface area contributed by atoms with Crippen LogP contribution in [0, 0.1) is 0 Å². The van der Waals surface area contributed by atoms with Gasteiger partial charge in [0, 0.05) is 10.7 Å². The van der Waals surface area contributed by atoms with Crippen molar-refractivity contribution < 1.29 is 9.21 Å². The van der Waals surface area contributed by atoms with Crippen LogP contribution in [0.5, 0.6) is 0 Å². The number of halogens is 1. The first-order chi connectivity index (χ1) is 14.6. The van der Waals surface area contributed by atoms with E-state index < -0.39 is 6.04 Å². The number of rotatable bonds is 3. The Hall–Kier alpha value is -3.37. The summed E-state index contributed by atoms with van der Waals surface area (Å²) in [7, 11) is 0. The number of carbonyl (C=O) groups is 1. The molecule has 0 N–H and O–H groups in total. The Morgan fingerprint density at radius 1 is 0.933 bits per heavy atom. The van der Waals surface area contributed by atoms with Gasteiger partial charge < -0.3 is 4.42 Å². The number of fused-ring (bicyclic) bond motifs is 2. The van der Waals surface area contributed by atoms with Crippen molar-refractivity contribution in [1.29, 1.82) is 0 Å². The molecule has 3 aromatic carbocycles. The molecule has 0 saturated heterocycles. The lowest BCUT2D eigenvalue weighted by atomic mass is 9.98. The van der Waals surface area contributed by atoms with E-state index in [2.05, 4.69) is 6.92 Å². The number of aryl methyl sites for hydroxylation is 1. The van der Waals surface area contributed by atoms with E-state index in [1.807, 2.05) is 36.4 Å². The Kier molecular flexibility index (Phi) is 4.44. The second kappa shape index (κ2) is 7.15. The number of hydrogen-bond acceptors (Lipinski definition) is 3. The zero-order chi connectivity index (χ0) is 20.8. The quantitative estimate of drug-likeness (QED) is 0.427. The summed E-state index contributed by atoms with van der Waals surface area (Å²) < 4.78 is 5.95. The van der Waals surface area contributed by atoms with E-state index in [4.69, 9.17) is 16.0 Å². The molecule has 30 heavy (non-hydrogen) atoms. The van der Waals surface area contributed by atoms with E-state index >= 15 is 0 Å². The van der Waals surface area contributed by atoms with Crippen LogP contribution in [0.15, 0.2) is 82.0 Å². The Balaban J connectivity index is 1.78. The molecule has 148 valence electrons. The van der Waals surface area contributed by atoms with Crippen molar-refractivity contribution in [3.63, 3.8) is 0 Å². The van der Waals surface area contributed by atoms with Gasteiger partial charge in [0.15, 0.2) is 5.43 Å². The summed E-state index contributed by atoms with van der Waals surface area (Å²) in [5.41, 5.74) is 3.27. The van der Waals surface area contributed by atoms with Crippen LogP contribution >= 0.6 is 11.6 Å². The zero-order valence-corrected chi connectivity index (χ0v) is 17.0. The molecule has 0 aliphatic carbocycles. The molecule has 0 saturated carbocycles. The number of anilines is 1. The largest absolute Gasteiger partial charge is 0.450 e. The second-order valence-corrected chi connectivity index (χ2v) is 7.76. The molecule has 4 nitrogen and oxygen atoms in total. The molecule has 0 bridgehead atoms. The smallest absolute Gasteiger partial charge is 0.295 e. The third-order valence-electron chi connectivity index (χ3n) is 5.59. The molecule has 1 atom stereocenters. The van der Waals surface area contributed by atoms with Crippen molar-refractivity contribution in [3.05, 3.63) is 110 Å². The third kappa shape index (κ3) is 2.84. The Bertz CT molecular complexity index is 1320. The van der Waals surface area contributed by atoms with Gasteiger partial charge in [-0.2, -0.15) is 0 Å². The lowest BCUT2D eigenvalue weighted by molar-refractivity contribution is 0.0971. The van der Waals surface area contributed by atoms with Crippen LogP contribution in [0.2, 0.25) is 5.02 Å². The van der Waals surface area contributed by atoms with Crippen molar-refractivity contribution >= 4 is 34.2 Å². The monoisotopic (exact) mass is 415 g/mol. The van der Waals surface area contributed by atoms with Gasteiger partial charge in [0.2, 0.25) is 5.76 Å². The SMILES string of the molecule is CCc1ccc(N2C(=O)c3oc4ccccc4c(=O)c3C2c2ccc(Cl)cc2)cc1. The van der Waals surface area contributed by atoms with Crippen LogP contribution < -0.4 is 10.3 Å². The molecule has 1 aromatic heterocycles. The minimum absolute atomic E-state index is 0.0956. The lowest BCUT2D eigenvalue weighted by Gasteiger charge is -2.25. The van der Waals surface area contributed by atoms with E-state index in [0.29, 0.717) is 27.2 Å². The minimum Gasteiger partial charge on any atom is -0.450 e. The maximum Gasteiger partial charge on any atom is 0.295 e. The zero-order valence-electron chi connectivity index (χ0n) is 16.3. The highest BCUT2D eigenvalue weighted by Gasteiger charge is 2.43. The van der Waals surface area contributed by atoms with Crippen molar-refractivity contribution in [2.24, 2.45) is 0 Å². The van der Waals surface area contributed by atoms with Gasteiger partial charge in [-0.15, -0.1) is 0 Å². The number of carbonyl (C=O) groups excluding carboxylic acids is 1. The summed E-state index contributed by atoms with van der Waals surface area (Å²) in [5, 5.41) is 1.05. The molecular weight excluding hydrogens is 398 g/mol. The molecule has 2 heterocycles. The number of para-hydroxylation sites is 1. The lowest BCUT2D eigenvalue weighted by Crippen LogP contribution is -2.29. The molecule has 5 rings (SSSR count). The summed E-state index contributed by atoms with van der Waals surface area (Å²) in [6, 6.07) is 21.5. The highest BCUT2D eigenvalue weighted by Crippen LogP contribution is 2.41. The number of benzene rings is 3. The maximum atomic E-state index is 13.5. The van der Waals surface area contributed by atoms with Crippen LogP contribution in [-0.2, 0) is 6.42 Å². The molecular formula is C25H18ClNO3. The van der Waals surface area contributed by atoms with E-state index in [0.717, 1.165) is 12.0 Å². The van der Waals surface area contributed by atoms with Gasteiger partial charge in [-0.25, -0.2) is 0 Å². The number of nitrogens with zero attached hydrogens (tertiary/aromatic N) is 1. The Morgan fingerprint density at radius 2 is 1.63 bits per heavy atom. The van der Waals surface area contributed by atoms with E-state index in [1.165, 1.54) is 5.56 Å². The molecule has 1 amide bonds. The molecule has 5 heteroatoms. The normalized spacial score (nSPS) is 15.6. The van der Waals surface area contributed by atoms with Gasteiger partial charge in [0.1, 0.15) is 5.58 Å². The maximum absolute atomic E-state index is 13.5. The van der Waals surface area contributed by atoms with Crippen molar-refractivity contribution in [2.45, 2.75) is 19.4 Å². The summed E-state index contributed by atoms with van der Waals surface area (Å²) in [6.45, 7) is 2.08. The molecule has 0 radical (unpaired) electrons. The fourth-order valence-corrected chi connectivity index (χ4v) is 4.16. The fourth-order valence-electron chi connectivity index (χ4n) is 4.04. The van der Waals surface area contributed by atoms with Crippen LogP contribution in [0.3, 0.4) is 0 Å². The predicted octanol–water partition coefficient (Wildman–Crippen LogP) is 5.76. The number of amides is 1. The van der Waals surface area contributed by atoms with Crippen LogP contribution in [0.1, 0.15) is 40.2 Å². The van der Waals surface area contributed by atoms with E-state index in [1.54, 1.807) is 41.3 Å². The van der Waals surface area contributed by atoms with Crippen LogP contribution in [0.4, 0.5) is 5.69 Å². The summed E-state index contributed by atoms with van der Waals surface area (Å²) in [6.07, 6.45) is 0.903. The van der Waals surface area contributed by atoms with Gasteiger partial charge in [-0.1, -0.05) is 54.9 Å². The Morgan fingerprint density at radius 3 is 2.33 bits per heavy atom. The van der Waals surface area contributed by atoms with Gasteiger partial charge >= 0.3 is 0 Å². The van der Waals surface area contributed by atoms with E-state index in [-0.39, 0.29) is 17.1 Å². The standard InChI is InChI=1S/C25H18ClNO3/c1-2-15-7-13-18(14-8-15)27-22(16-9-11-17(26)12-10-16)21-23(28)19-5-3-4-6-20(19)30-24(21)25(27)29/h3-14,22H,2H2,1H3. The summed E-state index contributed by atoms with van der Waals surface area (Å²) in [4.78, 5) is 28.5. The first-order valence-corrected chi connectivity index (χ1v) is 10.2. The van der Waals surface area contributed by atoms with Crippen LogP contribution in [-0.4, -0.2) is 5.91 Å². The Labute approximate surface area is 178 Å². The fraction of sp³-hybridized carbons (Fsp3) is 0.120. The van der Waals surface area contributed by atoms with Crippen molar-refractivity contribution in [3.8, 4) is 0 Å². The predicted molar refractivity (Wildman–Crippen MR) is 118 cm³/mol. The molecule has 0 fully saturated rings. The van der Waals surface area contributed by atoms with Crippen molar-refractivity contribution in [2.75, 3.05) is 4.90 Å². The highest BCUT2D eigenvalue weighted by molar-refractivity contribution is 6.30. The summed E-state index contributed by atoms with van der Waals surface area (Å²) >= 11 is 6.08. The van der Waals surface area contributed by atoms with Gasteiger partial charge in [0.25, 0.3) is 5.91 Å². The topological polar surface area (TPSA) is 50.5 Å². The van der Waals surface area contributed by atoms with Gasteiger partial charge in [-0.3, -0.25) is 14.5 Å².